The Morgan fingerprint density at radius 1 is 1.30 bits per heavy atom. The topological polar surface area (TPSA) is 101 Å². The first kappa shape index (κ1) is 20.6. The maximum atomic E-state index is 13.2. The minimum Gasteiger partial charge on any atom is -0.392 e. The number of ether oxygens (including phenoxy) is 2. The second-order valence-corrected chi connectivity index (χ2v) is 7.67. The number of hydrogen-bond acceptors (Lipinski definition) is 5. The summed E-state index contributed by atoms with van der Waals surface area (Å²) < 4.78 is 12.7. The molecule has 4 rings (SSSR count). The van der Waals surface area contributed by atoms with Crippen LogP contribution >= 0.6 is 0 Å². The molecule has 30 heavy (non-hydrogen) atoms. The smallest absolute Gasteiger partial charge is 0.253 e. The highest BCUT2D eigenvalue weighted by atomic mass is 16.5. The van der Waals surface area contributed by atoms with Crippen molar-refractivity contribution >= 4 is 16.8 Å². The zero-order valence-corrected chi connectivity index (χ0v) is 17.1. The van der Waals surface area contributed by atoms with Crippen molar-refractivity contribution in [3.05, 3.63) is 48.2 Å². The van der Waals surface area contributed by atoms with Gasteiger partial charge in [-0.2, -0.15) is 0 Å². The van der Waals surface area contributed by atoms with E-state index in [1.54, 1.807) is 25.8 Å². The number of fused-ring (bicyclic) bond motifs is 1. The van der Waals surface area contributed by atoms with Gasteiger partial charge >= 0.3 is 0 Å². The number of benzene rings is 1. The lowest BCUT2D eigenvalue weighted by Crippen LogP contribution is -2.39. The van der Waals surface area contributed by atoms with Crippen LogP contribution in [0.5, 0.6) is 0 Å². The van der Waals surface area contributed by atoms with E-state index < -0.39 is 0 Å². The highest BCUT2D eigenvalue weighted by Crippen LogP contribution is 2.27. The monoisotopic (exact) mass is 412 g/mol. The summed E-state index contributed by atoms with van der Waals surface area (Å²) in [5.74, 6) is -0.114. The van der Waals surface area contributed by atoms with Crippen LogP contribution < -0.4 is 5.32 Å². The van der Waals surface area contributed by atoms with Crippen molar-refractivity contribution in [1.29, 1.82) is 0 Å². The van der Waals surface area contributed by atoms with Crippen molar-refractivity contribution in [1.82, 2.24) is 19.9 Å². The largest absolute Gasteiger partial charge is 0.392 e. The predicted molar refractivity (Wildman–Crippen MR) is 113 cm³/mol. The minimum atomic E-state index is -0.114. The van der Waals surface area contributed by atoms with E-state index in [0.717, 1.165) is 47.8 Å². The molecule has 0 bridgehead atoms. The molecule has 2 heterocycles. The molecule has 160 valence electrons. The van der Waals surface area contributed by atoms with Crippen LogP contribution in [-0.2, 0) is 16.1 Å². The van der Waals surface area contributed by atoms with E-state index in [9.17, 15) is 9.90 Å². The molecular weight excluding hydrogens is 384 g/mol. The second-order valence-electron chi connectivity index (χ2n) is 7.67. The van der Waals surface area contributed by atoms with Crippen LogP contribution in [0.3, 0.4) is 0 Å². The summed E-state index contributed by atoms with van der Waals surface area (Å²) in [7, 11) is 1.67. The lowest BCUT2D eigenvalue weighted by atomic mass is 9.92. The maximum absolute atomic E-state index is 13.2. The Kier molecular flexibility index (Phi) is 6.47. The Morgan fingerprint density at radius 3 is 2.83 bits per heavy atom. The summed E-state index contributed by atoms with van der Waals surface area (Å²) in [5, 5.41) is 13.7. The maximum Gasteiger partial charge on any atom is 0.253 e. The molecule has 1 saturated carbocycles. The average Bonchev–Trinajstić information content (AvgIpc) is 3.44. The van der Waals surface area contributed by atoms with E-state index in [1.807, 2.05) is 22.9 Å². The van der Waals surface area contributed by atoms with Gasteiger partial charge in [0.1, 0.15) is 0 Å². The standard InChI is InChI=1S/C22H28N4O4/c1-29-8-9-30-18-4-2-16(3-5-18)25-22(28)20-11-17(26-7-6-23-14-26)10-19-15(13-27)12-24-21(19)20/h6-7,10-12,14,16,18,24,27H,2-5,8-9,13H2,1H3,(H,25,28)/t16-,18-. The number of aromatic amines is 1. The van der Waals surface area contributed by atoms with E-state index in [4.69, 9.17) is 9.47 Å². The van der Waals surface area contributed by atoms with E-state index in [2.05, 4.69) is 15.3 Å². The fourth-order valence-electron chi connectivity index (χ4n) is 4.08. The number of amides is 1. The lowest BCUT2D eigenvalue weighted by Gasteiger charge is -2.29. The van der Waals surface area contributed by atoms with Crippen molar-refractivity contribution in [3.63, 3.8) is 0 Å². The van der Waals surface area contributed by atoms with Gasteiger partial charge in [-0.15, -0.1) is 0 Å². The Balaban J connectivity index is 1.50. The Bertz CT molecular complexity index is 975. The number of imidazole rings is 1. The van der Waals surface area contributed by atoms with E-state index in [0.29, 0.717) is 18.8 Å². The predicted octanol–water partition coefficient (Wildman–Crippen LogP) is 2.55. The van der Waals surface area contributed by atoms with Gasteiger partial charge in [-0.3, -0.25) is 4.79 Å². The molecule has 0 spiro atoms. The van der Waals surface area contributed by atoms with Crippen molar-refractivity contribution in [2.45, 2.75) is 44.4 Å². The number of aliphatic hydroxyl groups excluding tert-OH is 1. The molecule has 8 nitrogen and oxygen atoms in total. The second kappa shape index (κ2) is 9.42. The van der Waals surface area contributed by atoms with Crippen LogP contribution in [0.15, 0.2) is 37.1 Å². The molecule has 0 saturated heterocycles. The number of aliphatic hydroxyl groups is 1. The highest BCUT2D eigenvalue weighted by Gasteiger charge is 2.24. The van der Waals surface area contributed by atoms with Crippen LogP contribution in [0, 0.1) is 0 Å². The summed E-state index contributed by atoms with van der Waals surface area (Å²) in [5.41, 5.74) is 2.89. The van der Waals surface area contributed by atoms with Gasteiger partial charge in [-0.05, 0) is 37.8 Å². The third-order valence-corrected chi connectivity index (χ3v) is 5.73. The fraction of sp³-hybridized carbons (Fsp3) is 0.455. The molecule has 1 aliphatic rings. The van der Waals surface area contributed by atoms with Gasteiger partial charge in [-0.25, -0.2) is 4.98 Å². The van der Waals surface area contributed by atoms with Gasteiger partial charge in [0.25, 0.3) is 5.91 Å². The van der Waals surface area contributed by atoms with Crippen molar-refractivity contribution in [2.75, 3.05) is 20.3 Å². The average molecular weight is 412 g/mol. The van der Waals surface area contributed by atoms with Gasteiger partial charge in [0.15, 0.2) is 0 Å². The number of hydrogen-bond donors (Lipinski definition) is 3. The molecule has 8 heteroatoms. The van der Waals surface area contributed by atoms with Crippen LogP contribution in [-0.4, -0.2) is 58.0 Å². The number of methoxy groups -OCH3 is 1. The first-order valence-electron chi connectivity index (χ1n) is 10.3. The Labute approximate surface area is 175 Å². The molecule has 1 aromatic carbocycles. The van der Waals surface area contributed by atoms with Crippen molar-refractivity contribution < 1.29 is 19.4 Å². The molecular formula is C22H28N4O4. The van der Waals surface area contributed by atoms with Crippen LogP contribution in [0.25, 0.3) is 16.6 Å². The molecule has 0 atom stereocenters. The number of nitrogens with one attached hydrogen (secondary N) is 2. The number of nitrogens with zero attached hydrogens (tertiary/aromatic N) is 2. The van der Waals surface area contributed by atoms with E-state index in [1.165, 1.54) is 0 Å². The third kappa shape index (κ3) is 4.40. The minimum absolute atomic E-state index is 0.0957. The number of aromatic nitrogens is 3. The number of H-pyrrole nitrogens is 1. The van der Waals surface area contributed by atoms with Gasteiger partial charge in [0.2, 0.25) is 0 Å². The van der Waals surface area contributed by atoms with Crippen molar-refractivity contribution in [2.24, 2.45) is 0 Å². The molecule has 3 aromatic rings. The highest BCUT2D eigenvalue weighted by molar-refractivity contribution is 6.07. The van der Waals surface area contributed by atoms with Gasteiger partial charge in [0.05, 0.1) is 43.3 Å². The van der Waals surface area contributed by atoms with Gasteiger partial charge in [0, 0.05) is 48.4 Å². The molecule has 3 N–H and O–H groups in total. The molecule has 2 aromatic heterocycles. The van der Waals surface area contributed by atoms with Crippen LogP contribution in [0.4, 0.5) is 0 Å². The van der Waals surface area contributed by atoms with E-state index >= 15 is 0 Å². The van der Waals surface area contributed by atoms with Gasteiger partial charge < -0.3 is 29.4 Å². The molecule has 0 radical (unpaired) electrons. The third-order valence-electron chi connectivity index (χ3n) is 5.73. The Morgan fingerprint density at radius 2 is 2.13 bits per heavy atom. The number of rotatable bonds is 8. The number of carbonyl (C=O) groups excluding carboxylic acids is 1. The number of carbonyl (C=O) groups is 1. The molecule has 1 fully saturated rings. The van der Waals surface area contributed by atoms with Crippen LogP contribution in [0.1, 0.15) is 41.6 Å². The van der Waals surface area contributed by atoms with E-state index in [-0.39, 0.29) is 24.7 Å². The lowest BCUT2D eigenvalue weighted by molar-refractivity contribution is -0.00408. The summed E-state index contributed by atoms with van der Waals surface area (Å²) in [6.07, 6.45) is 10.8. The molecule has 1 aliphatic carbocycles. The van der Waals surface area contributed by atoms with Crippen molar-refractivity contribution in [3.8, 4) is 5.69 Å². The quantitative estimate of drug-likeness (QED) is 0.494. The zero-order chi connectivity index (χ0) is 20.9. The summed E-state index contributed by atoms with van der Waals surface area (Å²) in [6.45, 7) is 1.12. The molecule has 1 amide bonds. The normalized spacial score (nSPS) is 19.3. The summed E-state index contributed by atoms with van der Waals surface area (Å²) >= 11 is 0. The van der Waals surface area contributed by atoms with Crippen LogP contribution in [0.2, 0.25) is 0 Å². The fourth-order valence-corrected chi connectivity index (χ4v) is 4.08. The summed E-state index contributed by atoms with van der Waals surface area (Å²) in [6, 6.07) is 3.94. The molecule has 0 unspecified atom stereocenters. The van der Waals surface area contributed by atoms with Gasteiger partial charge in [-0.1, -0.05) is 0 Å². The zero-order valence-electron chi connectivity index (χ0n) is 17.1. The first-order valence-corrected chi connectivity index (χ1v) is 10.3. The Hall–Kier alpha value is -2.68. The SMILES string of the molecule is COCCO[C@H]1CC[C@H](NC(=O)c2cc(-n3ccnc3)cc3c(CO)c[nH]c23)CC1. The first-order chi connectivity index (χ1) is 14.7. The molecule has 0 aliphatic heterocycles. The summed E-state index contributed by atoms with van der Waals surface area (Å²) in [4.78, 5) is 20.4.